The molecular weight excluding hydrogens is 248 g/mol. The Hall–Kier alpha value is -0.900. The SMILES string of the molecule is CCN(CC)CCNCC(=O)c1ccc(Cl)cc1. The van der Waals surface area contributed by atoms with Crippen LogP contribution in [-0.4, -0.2) is 43.4 Å². The van der Waals surface area contributed by atoms with Crippen LogP contribution in [-0.2, 0) is 0 Å². The van der Waals surface area contributed by atoms with Gasteiger partial charge in [-0.25, -0.2) is 0 Å². The molecule has 0 aliphatic carbocycles. The first kappa shape index (κ1) is 15.2. The van der Waals surface area contributed by atoms with E-state index >= 15 is 0 Å². The lowest BCUT2D eigenvalue weighted by Gasteiger charge is -2.17. The maximum atomic E-state index is 11.8. The minimum Gasteiger partial charge on any atom is -0.308 e. The molecule has 1 aromatic rings. The average molecular weight is 269 g/mol. The van der Waals surface area contributed by atoms with E-state index < -0.39 is 0 Å². The van der Waals surface area contributed by atoms with Gasteiger partial charge in [-0.05, 0) is 37.4 Å². The maximum Gasteiger partial charge on any atom is 0.176 e. The van der Waals surface area contributed by atoms with Crippen LogP contribution in [0.3, 0.4) is 0 Å². The Morgan fingerprint density at radius 2 is 1.83 bits per heavy atom. The van der Waals surface area contributed by atoms with Crippen LogP contribution in [0, 0.1) is 0 Å². The van der Waals surface area contributed by atoms with Gasteiger partial charge in [0.2, 0.25) is 0 Å². The summed E-state index contributed by atoms with van der Waals surface area (Å²) in [5.74, 6) is 0.103. The van der Waals surface area contributed by atoms with E-state index in [0.717, 1.165) is 26.2 Å². The van der Waals surface area contributed by atoms with Crippen molar-refractivity contribution in [1.82, 2.24) is 10.2 Å². The lowest BCUT2D eigenvalue weighted by atomic mass is 10.1. The second kappa shape index (κ2) is 8.25. The second-order valence-corrected chi connectivity index (χ2v) is 4.57. The van der Waals surface area contributed by atoms with Crippen molar-refractivity contribution in [3.8, 4) is 0 Å². The van der Waals surface area contributed by atoms with Crippen LogP contribution in [0.2, 0.25) is 5.02 Å². The monoisotopic (exact) mass is 268 g/mol. The molecule has 1 rings (SSSR count). The molecule has 1 N–H and O–H groups in total. The van der Waals surface area contributed by atoms with Crippen molar-refractivity contribution in [3.63, 3.8) is 0 Å². The summed E-state index contributed by atoms with van der Waals surface area (Å²) in [6.45, 7) is 8.56. The summed E-state index contributed by atoms with van der Waals surface area (Å²) < 4.78 is 0. The number of nitrogens with zero attached hydrogens (tertiary/aromatic N) is 1. The topological polar surface area (TPSA) is 32.3 Å². The van der Waals surface area contributed by atoms with Crippen LogP contribution < -0.4 is 5.32 Å². The number of likely N-dealkylation sites (N-methyl/N-ethyl adjacent to an activating group) is 1. The smallest absolute Gasteiger partial charge is 0.176 e. The average Bonchev–Trinajstić information content (AvgIpc) is 2.39. The van der Waals surface area contributed by atoms with Gasteiger partial charge in [0, 0.05) is 23.7 Å². The summed E-state index contributed by atoms with van der Waals surface area (Å²) in [4.78, 5) is 14.1. The number of hydrogen-bond donors (Lipinski definition) is 1. The number of carbonyl (C=O) groups is 1. The van der Waals surface area contributed by atoms with Gasteiger partial charge in [-0.1, -0.05) is 25.4 Å². The lowest BCUT2D eigenvalue weighted by Crippen LogP contribution is -2.34. The van der Waals surface area contributed by atoms with E-state index in [0.29, 0.717) is 17.1 Å². The van der Waals surface area contributed by atoms with Crippen LogP contribution in [0.15, 0.2) is 24.3 Å². The van der Waals surface area contributed by atoms with Gasteiger partial charge in [0.25, 0.3) is 0 Å². The van der Waals surface area contributed by atoms with Gasteiger partial charge in [-0.3, -0.25) is 4.79 Å². The number of benzene rings is 1. The number of hydrogen-bond acceptors (Lipinski definition) is 3. The van der Waals surface area contributed by atoms with E-state index in [2.05, 4.69) is 24.1 Å². The van der Waals surface area contributed by atoms with Crippen molar-refractivity contribution in [2.45, 2.75) is 13.8 Å². The van der Waals surface area contributed by atoms with Crippen LogP contribution in [0.25, 0.3) is 0 Å². The molecule has 4 heteroatoms. The van der Waals surface area contributed by atoms with Crippen molar-refractivity contribution in [3.05, 3.63) is 34.9 Å². The minimum absolute atomic E-state index is 0.103. The zero-order valence-electron chi connectivity index (χ0n) is 11.1. The van der Waals surface area contributed by atoms with Crippen molar-refractivity contribution >= 4 is 17.4 Å². The highest BCUT2D eigenvalue weighted by atomic mass is 35.5. The quantitative estimate of drug-likeness (QED) is 0.581. The molecule has 0 aliphatic rings. The first-order valence-electron chi connectivity index (χ1n) is 6.39. The molecule has 0 saturated carbocycles. The molecule has 0 heterocycles. The molecule has 0 amide bonds. The molecule has 0 spiro atoms. The molecule has 1 aromatic carbocycles. The van der Waals surface area contributed by atoms with Gasteiger partial charge in [0.1, 0.15) is 0 Å². The van der Waals surface area contributed by atoms with Crippen LogP contribution >= 0.6 is 11.6 Å². The molecule has 0 unspecified atom stereocenters. The van der Waals surface area contributed by atoms with Crippen molar-refractivity contribution in [1.29, 1.82) is 0 Å². The Morgan fingerprint density at radius 1 is 1.22 bits per heavy atom. The van der Waals surface area contributed by atoms with Crippen molar-refractivity contribution in [2.24, 2.45) is 0 Å². The molecule has 0 atom stereocenters. The van der Waals surface area contributed by atoms with E-state index in [9.17, 15) is 4.79 Å². The zero-order chi connectivity index (χ0) is 13.4. The molecular formula is C14H21ClN2O. The highest BCUT2D eigenvalue weighted by Gasteiger charge is 2.05. The molecule has 100 valence electrons. The summed E-state index contributed by atoms with van der Waals surface area (Å²) in [6.07, 6.45) is 0. The highest BCUT2D eigenvalue weighted by Crippen LogP contribution is 2.09. The van der Waals surface area contributed by atoms with Gasteiger partial charge in [0.15, 0.2) is 5.78 Å². The Bertz CT molecular complexity index is 361. The van der Waals surface area contributed by atoms with Crippen LogP contribution in [0.1, 0.15) is 24.2 Å². The molecule has 0 aliphatic heterocycles. The number of Topliss-reactive ketones (excluding diaryl/α,β-unsaturated/α-hetero) is 1. The molecule has 0 bridgehead atoms. The van der Waals surface area contributed by atoms with E-state index in [1.54, 1.807) is 24.3 Å². The van der Waals surface area contributed by atoms with Crippen LogP contribution in [0.5, 0.6) is 0 Å². The molecule has 0 radical (unpaired) electrons. The molecule has 0 fully saturated rings. The van der Waals surface area contributed by atoms with E-state index in [1.807, 2.05) is 0 Å². The third-order valence-corrected chi connectivity index (χ3v) is 3.20. The Kier molecular flexibility index (Phi) is 6.94. The Morgan fingerprint density at radius 3 is 2.39 bits per heavy atom. The van der Waals surface area contributed by atoms with E-state index in [4.69, 9.17) is 11.6 Å². The predicted molar refractivity (Wildman–Crippen MR) is 76.4 cm³/mol. The van der Waals surface area contributed by atoms with Crippen molar-refractivity contribution < 1.29 is 4.79 Å². The number of rotatable bonds is 8. The van der Waals surface area contributed by atoms with Gasteiger partial charge in [-0.2, -0.15) is 0 Å². The Labute approximate surface area is 114 Å². The zero-order valence-corrected chi connectivity index (χ0v) is 11.8. The van der Waals surface area contributed by atoms with Gasteiger partial charge in [0.05, 0.1) is 6.54 Å². The van der Waals surface area contributed by atoms with Gasteiger partial charge in [-0.15, -0.1) is 0 Å². The maximum absolute atomic E-state index is 11.8. The summed E-state index contributed by atoms with van der Waals surface area (Å²) in [5, 5.41) is 3.83. The predicted octanol–water partition coefficient (Wildman–Crippen LogP) is 2.45. The van der Waals surface area contributed by atoms with Crippen LogP contribution in [0.4, 0.5) is 0 Å². The summed E-state index contributed by atoms with van der Waals surface area (Å²) >= 11 is 5.78. The fourth-order valence-corrected chi connectivity index (χ4v) is 1.84. The summed E-state index contributed by atoms with van der Waals surface area (Å²) in [7, 11) is 0. The number of halogens is 1. The van der Waals surface area contributed by atoms with Gasteiger partial charge < -0.3 is 10.2 Å². The van der Waals surface area contributed by atoms with E-state index in [1.165, 1.54) is 0 Å². The molecule has 18 heavy (non-hydrogen) atoms. The minimum atomic E-state index is 0.103. The number of carbonyl (C=O) groups excluding carboxylic acids is 1. The second-order valence-electron chi connectivity index (χ2n) is 4.13. The normalized spacial score (nSPS) is 10.9. The number of ketones is 1. The number of nitrogens with one attached hydrogen (secondary N) is 1. The first-order valence-corrected chi connectivity index (χ1v) is 6.77. The fraction of sp³-hybridized carbons (Fsp3) is 0.500. The largest absolute Gasteiger partial charge is 0.308 e. The van der Waals surface area contributed by atoms with Crippen molar-refractivity contribution in [2.75, 3.05) is 32.7 Å². The standard InChI is InChI=1S/C14H21ClN2O/c1-3-17(4-2)10-9-16-11-14(18)12-5-7-13(15)8-6-12/h5-8,16H,3-4,9-11H2,1-2H3. The molecule has 3 nitrogen and oxygen atoms in total. The summed E-state index contributed by atoms with van der Waals surface area (Å²) in [5.41, 5.74) is 0.703. The Balaban J connectivity index is 2.27. The molecule has 0 aromatic heterocycles. The third kappa shape index (κ3) is 5.17. The van der Waals surface area contributed by atoms with Gasteiger partial charge >= 0.3 is 0 Å². The molecule has 0 saturated heterocycles. The highest BCUT2D eigenvalue weighted by molar-refractivity contribution is 6.30. The summed E-state index contributed by atoms with van der Waals surface area (Å²) in [6, 6.07) is 7.00. The van der Waals surface area contributed by atoms with E-state index in [-0.39, 0.29) is 5.78 Å². The lowest BCUT2D eigenvalue weighted by molar-refractivity contribution is 0.0990. The fourth-order valence-electron chi connectivity index (χ4n) is 1.72. The first-order chi connectivity index (χ1) is 8.67. The third-order valence-electron chi connectivity index (χ3n) is 2.95.